The monoisotopic (exact) mass is 452 g/mol. The summed E-state index contributed by atoms with van der Waals surface area (Å²) in [6, 6.07) is 5.10. The van der Waals surface area contributed by atoms with Gasteiger partial charge in [0.15, 0.2) is 0 Å². The van der Waals surface area contributed by atoms with Gasteiger partial charge in [-0.15, -0.1) is 0 Å². The van der Waals surface area contributed by atoms with Crippen LogP contribution in [-0.4, -0.2) is 95.3 Å². The van der Waals surface area contributed by atoms with Gasteiger partial charge < -0.3 is 15.0 Å². The Balaban J connectivity index is 1.54. The first-order chi connectivity index (χ1) is 14.7. The first kappa shape index (κ1) is 23.5. The first-order valence-corrected chi connectivity index (χ1v) is 12.4. The highest BCUT2D eigenvalue weighted by molar-refractivity contribution is 7.92. The van der Waals surface area contributed by atoms with Gasteiger partial charge in [0.2, 0.25) is 15.9 Å². The van der Waals surface area contributed by atoms with E-state index in [0.717, 1.165) is 12.0 Å². The van der Waals surface area contributed by atoms with Crippen LogP contribution in [0.15, 0.2) is 18.2 Å². The Bertz CT molecular complexity index is 912. The smallest absolute Gasteiger partial charge is 0.253 e. The number of benzene rings is 1. The van der Waals surface area contributed by atoms with Crippen LogP contribution in [0.4, 0.5) is 5.69 Å². The van der Waals surface area contributed by atoms with Gasteiger partial charge in [-0.2, -0.15) is 0 Å². The normalized spacial score (nSPS) is 19.4. The van der Waals surface area contributed by atoms with E-state index in [-0.39, 0.29) is 17.9 Å². The lowest BCUT2D eigenvalue weighted by molar-refractivity contribution is -0.122. The van der Waals surface area contributed by atoms with E-state index < -0.39 is 10.0 Å². The highest BCUT2D eigenvalue weighted by Gasteiger charge is 2.33. The van der Waals surface area contributed by atoms with Crippen molar-refractivity contribution in [2.24, 2.45) is 0 Å². The molecule has 2 heterocycles. The summed E-state index contributed by atoms with van der Waals surface area (Å²) in [5, 5.41) is 2.88. The summed E-state index contributed by atoms with van der Waals surface area (Å²) in [6.07, 6.45) is 2.58. The number of fused-ring (bicyclic) bond motifs is 1. The summed E-state index contributed by atoms with van der Waals surface area (Å²) < 4.78 is 30.6. The second-order valence-electron chi connectivity index (χ2n) is 8.22. The highest BCUT2D eigenvalue weighted by Crippen LogP contribution is 2.34. The summed E-state index contributed by atoms with van der Waals surface area (Å²) in [5.41, 5.74) is 2.12. The van der Waals surface area contributed by atoms with Crippen molar-refractivity contribution in [2.45, 2.75) is 25.8 Å². The third-order valence-electron chi connectivity index (χ3n) is 5.71. The Morgan fingerprint density at radius 1 is 1.19 bits per heavy atom. The van der Waals surface area contributed by atoms with E-state index in [9.17, 15) is 18.0 Å². The zero-order valence-electron chi connectivity index (χ0n) is 18.5. The maximum absolute atomic E-state index is 13.0. The molecule has 3 rings (SSSR count). The molecule has 1 aromatic rings. The summed E-state index contributed by atoms with van der Waals surface area (Å²) in [7, 11) is -1.72. The number of carbonyl (C=O) groups is 2. The van der Waals surface area contributed by atoms with Crippen molar-refractivity contribution in [3.8, 4) is 0 Å². The van der Waals surface area contributed by atoms with Crippen LogP contribution >= 0.6 is 0 Å². The molecule has 1 saturated heterocycles. The Morgan fingerprint density at radius 3 is 2.55 bits per heavy atom. The van der Waals surface area contributed by atoms with Crippen LogP contribution in [0, 0.1) is 0 Å². The summed E-state index contributed by atoms with van der Waals surface area (Å²) in [6.45, 7) is 5.80. The van der Waals surface area contributed by atoms with E-state index >= 15 is 0 Å². The molecule has 2 aliphatic heterocycles. The number of nitrogens with zero attached hydrogens (tertiary/aromatic N) is 3. The molecule has 1 N–H and O–H groups in total. The van der Waals surface area contributed by atoms with Crippen molar-refractivity contribution in [3.63, 3.8) is 0 Å². The average molecular weight is 453 g/mol. The van der Waals surface area contributed by atoms with E-state index in [1.54, 1.807) is 24.1 Å². The van der Waals surface area contributed by atoms with Gasteiger partial charge in [0.1, 0.15) is 0 Å². The van der Waals surface area contributed by atoms with Crippen LogP contribution in [0.3, 0.4) is 0 Å². The van der Waals surface area contributed by atoms with E-state index in [2.05, 4.69) is 5.32 Å². The number of piperazine rings is 1. The van der Waals surface area contributed by atoms with Gasteiger partial charge in [0.25, 0.3) is 5.91 Å². The van der Waals surface area contributed by atoms with Crippen molar-refractivity contribution >= 4 is 27.5 Å². The number of sulfonamides is 1. The van der Waals surface area contributed by atoms with Gasteiger partial charge in [-0.25, -0.2) is 8.42 Å². The predicted molar refractivity (Wildman–Crippen MR) is 119 cm³/mol. The molecule has 0 spiro atoms. The van der Waals surface area contributed by atoms with Crippen molar-refractivity contribution in [3.05, 3.63) is 29.3 Å². The Kier molecular flexibility index (Phi) is 7.55. The molecule has 0 radical (unpaired) electrons. The molecule has 1 unspecified atom stereocenters. The van der Waals surface area contributed by atoms with Crippen LogP contribution in [0.2, 0.25) is 0 Å². The molecule has 2 aliphatic rings. The standard InChI is InChI=1S/C21H32N4O5S/c1-16-13-18-14-17(5-6-19(18)25(16)31(3,28)29)21(27)24-10-8-23(9-11-24)15-20(26)22-7-4-12-30-2/h5-6,14,16H,4,7-13,15H2,1-3H3,(H,22,26). The van der Waals surface area contributed by atoms with Crippen LogP contribution in [0.1, 0.15) is 29.3 Å². The van der Waals surface area contributed by atoms with Crippen molar-refractivity contribution in [1.82, 2.24) is 15.1 Å². The second-order valence-corrected chi connectivity index (χ2v) is 10.1. The SMILES string of the molecule is COCCCNC(=O)CN1CCN(C(=O)c2ccc3c(c2)CC(C)N3S(C)(=O)=O)CC1. The van der Waals surface area contributed by atoms with Crippen LogP contribution in [0.5, 0.6) is 0 Å². The van der Waals surface area contributed by atoms with Gasteiger partial charge in [-0.1, -0.05) is 0 Å². The number of nitrogens with one attached hydrogen (secondary N) is 1. The summed E-state index contributed by atoms with van der Waals surface area (Å²) >= 11 is 0. The lowest BCUT2D eigenvalue weighted by Gasteiger charge is -2.34. The minimum absolute atomic E-state index is 0.0148. The summed E-state index contributed by atoms with van der Waals surface area (Å²) in [5.74, 6) is -0.0732. The Labute approximate surface area is 184 Å². The molecule has 1 atom stereocenters. The van der Waals surface area contributed by atoms with Crippen molar-refractivity contribution in [2.75, 3.05) is 63.5 Å². The Morgan fingerprint density at radius 2 is 1.90 bits per heavy atom. The maximum Gasteiger partial charge on any atom is 0.253 e. The van der Waals surface area contributed by atoms with Crippen molar-refractivity contribution in [1.29, 1.82) is 0 Å². The molecule has 10 heteroatoms. The molecule has 1 fully saturated rings. The van der Waals surface area contributed by atoms with E-state index in [4.69, 9.17) is 4.74 Å². The lowest BCUT2D eigenvalue weighted by atomic mass is 10.1. The minimum Gasteiger partial charge on any atom is -0.385 e. The number of carbonyl (C=O) groups excluding carboxylic acids is 2. The fourth-order valence-corrected chi connectivity index (χ4v) is 5.50. The Hall–Kier alpha value is -2.17. The maximum atomic E-state index is 13.0. The molecule has 0 saturated carbocycles. The van der Waals surface area contributed by atoms with Gasteiger partial charge in [0, 0.05) is 58.0 Å². The first-order valence-electron chi connectivity index (χ1n) is 10.6. The number of hydrogen-bond donors (Lipinski definition) is 1. The van der Waals surface area contributed by atoms with Crippen LogP contribution in [-0.2, 0) is 26.0 Å². The number of rotatable bonds is 8. The molecular weight excluding hydrogens is 420 g/mol. The number of hydrogen-bond acceptors (Lipinski definition) is 6. The highest BCUT2D eigenvalue weighted by atomic mass is 32.2. The second kappa shape index (κ2) is 9.97. The molecule has 31 heavy (non-hydrogen) atoms. The third-order valence-corrected chi connectivity index (χ3v) is 6.98. The van der Waals surface area contributed by atoms with Crippen LogP contribution in [0.25, 0.3) is 0 Å². The quantitative estimate of drug-likeness (QED) is 0.570. The van der Waals surface area contributed by atoms with Gasteiger partial charge >= 0.3 is 0 Å². The van der Waals surface area contributed by atoms with E-state index in [1.165, 1.54) is 10.6 Å². The third kappa shape index (κ3) is 5.75. The fourth-order valence-electron chi connectivity index (χ4n) is 4.24. The van der Waals surface area contributed by atoms with Gasteiger partial charge in [-0.05, 0) is 43.5 Å². The topological polar surface area (TPSA) is 99.3 Å². The molecule has 2 amide bonds. The minimum atomic E-state index is -3.35. The summed E-state index contributed by atoms with van der Waals surface area (Å²) in [4.78, 5) is 28.8. The molecule has 9 nitrogen and oxygen atoms in total. The zero-order chi connectivity index (χ0) is 22.6. The number of amides is 2. The largest absolute Gasteiger partial charge is 0.385 e. The van der Waals surface area contributed by atoms with E-state index in [0.29, 0.717) is 63.5 Å². The molecular formula is C21H32N4O5S. The number of anilines is 1. The fraction of sp³-hybridized carbons (Fsp3) is 0.619. The molecule has 1 aromatic carbocycles. The van der Waals surface area contributed by atoms with Crippen LogP contribution < -0.4 is 9.62 Å². The lowest BCUT2D eigenvalue weighted by Crippen LogP contribution is -2.51. The number of methoxy groups -OCH3 is 1. The van der Waals surface area contributed by atoms with Crippen molar-refractivity contribution < 1.29 is 22.7 Å². The zero-order valence-corrected chi connectivity index (χ0v) is 19.3. The molecule has 0 aliphatic carbocycles. The van der Waals surface area contributed by atoms with E-state index in [1.807, 2.05) is 17.9 Å². The molecule has 172 valence electrons. The molecule has 0 bridgehead atoms. The average Bonchev–Trinajstić information content (AvgIpc) is 3.06. The number of ether oxygens (including phenoxy) is 1. The van der Waals surface area contributed by atoms with Gasteiger partial charge in [0.05, 0.1) is 18.5 Å². The van der Waals surface area contributed by atoms with Gasteiger partial charge in [-0.3, -0.25) is 18.8 Å². The predicted octanol–water partition coefficient (Wildman–Crippen LogP) is 0.308. The molecule has 0 aromatic heterocycles.